The standard InChI is InChI=1S/C15H26N2O2/c1-11(2)7-13(9-16)8-15(18)17(4)10-14-6-5-12(3)19-14/h5-6,11,13H,7-10,16H2,1-4H3/t13-/m0/s1. The van der Waals surface area contributed by atoms with Crippen LogP contribution < -0.4 is 5.73 Å². The van der Waals surface area contributed by atoms with Crippen molar-refractivity contribution in [2.75, 3.05) is 13.6 Å². The highest BCUT2D eigenvalue weighted by molar-refractivity contribution is 5.76. The minimum absolute atomic E-state index is 0.130. The van der Waals surface area contributed by atoms with Gasteiger partial charge in [0.05, 0.1) is 6.54 Å². The van der Waals surface area contributed by atoms with Crippen molar-refractivity contribution in [3.05, 3.63) is 23.7 Å². The maximum absolute atomic E-state index is 12.1. The molecule has 0 aliphatic rings. The highest BCUT2D eigenvalue weighted by Crippen LogP contribution is 2.16. The van der Waals surface area contributed by atoms with Gasteiger partial charge in [0.25, 0.3) is 0 Å². The number of aryl methyl sites for hydroxylation is 1. The molecule has 108 valence electrons. The third-order valence-corrected chi connectivity index (χ3v) is 3.22. The van der Waals surface area contributed by atoms with Gasteiger partial charge in [0, 0.05) is 13.5 Å². The molecule has 1 atom stereocenters. The van der Waals surface area contributed by atoms with Crippen molar-refractivity contribution in [2.24, 2.45) is 17.6 Å². The Balaban J connectivity index is 2.47. The minimum Gasteiger partial charge on any atom is -0.464 e. The Morgan fingerprint density at radius 1 is 1.42 bits per heavy atom. The van der Waals surface area contributed by atoms with Crippen molar-refractivity contribution in [2.45, 2.75) is 40.2 Å². The second-order valence-electron chi connectivity index (χ2n) is 5.70. The highest BCUT2D eigenvalue weighted by atomic mass is 16.3. The summed E-state index contributed by atoms with van der Waals surface area (Å²) in [5.74, 6) is 2.66. The first-order valence-electron chi connectivity index (χ1n) is 6.91. The first-order valence-corrected chi connectivity index (χ1v) is 6.91. The maximum Gasteiger partial charge on any atom is 0.223 e. The molecule has 0 fully saturated rings. The third kappa shape index (κ3) is 5.47. The number of rotatable bonds is 7. The summed E-state index contributed by atoms with van der Waals surface area (Å²) >= 11 is 0. The van der Waals surface area contributed by atoms with Gasteiger partial charge in [-0.15, -0.1) is 0 Å². The zero-order valence-corrected chi connectivity index (χ0v) is 12.5. The first-order chi connectivity index (χ1) is 8.92. The molecule has 1 aromatic rings. The molecule has 1 amide bonds. The Hall–Kier alpha value is -1.29. The molecule has 0 radical (unpaired) electrons. The van der Waals surface area contributed by atoms with E-state index < -0.39 is 0 Å². The third-order valence-electron chi connectivity index (χ3n) is 3.22. The van der Waals surface area contributed by atoms with E-state index in [2.05, 4.69) is 13.8 Å². The number of hydrogen-bond donors (Lipinski definition) is 1. The molecule has 0 saturated heterocycles. The van der Waals surface area contributed by atoms with E-state index in [4.69, 9.17) is 10.2 Å². The normalized spacial score (nSPS) is 12.7. The molecule has 1 aromatic heterocycles. The molecule has 1 heterocycles. The predicted octanol–water partition coefficient (Wildman–Crippen LogP) is 2.56. The number of amides is 1. The molecular formula is C15H26N2O2. The quantitative estimate of drug-likeness (QED) is 0.825. The van der Waals surface area contributed by atoms with E-state index in [1.165, 1.54) is 0 Å². The van der Waals surface area contributed by atoms with Crippen LogP contribution in [0.25, 0.3) is 0 Å². The van der Waals surface area contributed by atoms with Crippen LogP contribution in [-0.2, 0) is 11.3 Å². The average Bonchev–Trinajstić information content (AvgIpc) is 2.73. The molecule has 4 nitrogen and oxygen atoms in total. The molecule has 1 rings (SSSR count). The van der Waals surface area contributed by atoms with Crippen molar-refractivity contribution in [1.82, 2.24) is 4.90 Å². The van der Waals surface area contributed by atoms with Crippen LogP contribution >= 0.6 is 0 Å². The van der Waals surface area contributed by atoms with Crippen LogP contribution in [0.4, 0.5) is 0 Å². The lowest BCUT2D eigenvalue weighted by Gasteiger charge is -2.21. The lowest BCUT2D eigenvalue weighted by Crippen LogP contribution is -2.30. The van der Waals surface area contributed by atoms with E-state index >= 15 is 0 Å². The Labute approximate surface area is 116 Å². The number of hydrogen-bond acceptors (Lipinski definition) is 3. The van der Waals surface area contributed by atoms with Gasteiger partial charge >= 0.3 is 0 Å². The minimum atomic E-state index is 0.130. The molecule has 19 heavy (non-hydrogen) atoms. The smallest absolute Gasteiger partial charge is 0.223 e. The van der Waals surface area contributed by atoms with E-state index in [0.717, 1.165) is 17.9 Å². The second kappa shape index (κ2) is 7.34. The molecule has 0 unspecified atom stereocenters. The number of nitrogens with zero attached hydrogens (tertiary/aromatic N) is 1. The summed E-state index contributed by atoms with van der Waals surface area (Å²) in [6.07, 6.45) is 1.51. The number of furan rings is 1. The molecule has 2 N–H and O–H groups in total. The topological polar surface area (TPSA) is 59.5 Å². The summed E-state index contributed by atoms with van der Waals surface area (Å²) in [6.45, 7) is 7.30. The van der Waals surface area contributed by atoms with Crippen LogP contribution in [0.2, 0.25) is 0 Å². The molecule has 0 bridgehead atoms. The SMILES string of the molecule is Cc1ccc(CN(C)C(=O)C[C@@H](CN)CC(C)C)o1. The molecule has 4 heteroatoms. The van der Waals surface area contributed by atoms with Crippen molar-refractivity contribution < 1.29 is 9.21 Å². The number of nitrogens with two attached hydrogens (primary N) is 1. The Kier molecular flexibility index (Phi) is 6.09. The molecule has 0 aromatic carbocycles. The Bertz CT molecular complexity index is 399. The van der Waals surface area contributed by atoms with Crippen LogP contribution in [-0.4, -0.2) is 24.4 Å². The summed E-state index contributed by atoms with van der Waals surface area (Å²) in [7, 11) is 1.81. The molecule has 0 saturated carbocycles. The summed E-state index contributed by atoms with van der Waals surface area (Å²) in [4.78, 5) is 13.8. The maximum atomic E-state index is 12.1. The van der Waals surface area contributed by atoms with Crippen molar-refractivity contribution in [3.63, 3.8) is 0 Å². The van der Waals surface area contributed by atoms with Crippen molar-refractivity contribution >= 4 is 5.91 Å². The summed E-state index contributed by atoms with van der Waals surface area (Å²) in [5, 5.41) is 0. The number of carbonyl (C=O) groups is 1. The lowest BCUT2D eigenvalue weighted by atomic mass is 9.94. The van der Waals surface area contributed by atoms with Gasteiger partial charge in [-0.25, -0.2) is 0 Å². The largest absolute Gasteiger partial charge is 0.464 e. The zero-order valence-electron chi connectivity index (χ0n) is 12.5. The van der Waals surface area contributed by atoms with Crippen LogP contribution in [0.3, 0.4) is 0 Å². The average molecular weight is 266 g/mol. The summed E-state index contributed by atoms with van der Waals surface area (Å²) < 4.78 is 5.48. The van der Waals surface area contributed by atoms with Gasteiger partial charge in [0.15, 0.2) is 0 Å². The summed E-state index contributed by atoms with van der Waals surface area (Å²) in [5.41, 5.74) is 5.74. The Morgan fingerprint density at radius 3 is 2.58 bits per heavy atom. The fourth-order valence-corrected chi connectivity index (χ4v) is 2.22. The van der Waals surface area contributed by atoms with E-state index in [1.54, 1.807) is 4.90 Å². The fraction of sp³-hybridized carbons (Fsp3) is 0.667. The summed E-state index contributed by atoms with van der Waals surface area (Å²) in [6, 6.07) is 3.82. The van der Waals surface area contributed by atoms with Gasteiger partial charge in [-0.1, -0.05) is 13.8 Å². The molecular weight excluding hydrogens is 240 g/mol. The molecule has 0 aliphatic heterocycles. The molecule has 0 spiro atoms. The first kappa shape index (κ1) is 15.8. The Morgan fingerprint density at radius 2 is 2.11 bits per heavy atom. The van der Waals surface area contributed by atoms with Gasteiger partial charge in [0.2, 0.25) is 5.91 Å². The van der Waals surface area contributed by atoms with Crippen molar-refractivity contribution in [1.29, 1.82) is 0 Å². The number of carbonyl (C=O) groups excluding carboxylic acids is 1. The zero-order chi connectivity index (χ0) is 14.4. The highest BCUT2D eigenvalue weighted by Gasteiger charge is 2.17. The predicted molar refractivity (Wildman–Crippen MR) is 76.5 cm³/mol. The van der Waals surface area contributed by atoms with E-state index in [-0.39, 0.29) is 11.8 Å². The fourth-order valence-electron chi connectivity index (χ4n) is 2.22. The van der Waals surface area contributed by atoms with Gasteiger partial charge in [-0.2, -0.15) is 0 Å². The van der Waals surface area contributed by atoms with E-state index in [1.807, 2.05) is 26.1 Å². The van der Waals surface area contributed by atoms with Crippen LogP contribution in [0, 0.1) is 18.8 Å². The van der Waals surface area contributed by atoms with Crippen LogP contribution in [0.15, 0.2) is 16.5 Å². The van der Waals surface area contributed by atoms with Gasteiger partial charge in [-0.3, -0.25) is 4.79 Å². The van der Waals surface area contributed by atoms with E-state index in [0.29, 0.717) is 25.4 Å². The lowest BCUT2D eigenvalue weighted by molar-refractivity contribution is -0.131. The van der Waals surface area contributed by atoms with Gasteiger partial charge < -0.3 is 15.1 Å². The van der Waals surface area contributed by atoms with Crippen molar-refractivity contribution in [3.8, 4) is 0 Å². The van der Waals surface area contributed by atoms with E-state index in [9.17, 15) is 4.79 Å². The van der Waals surface area contributed by atoms with Gasteiger partial charge in [-0.05, 0) is 43.9 Å². The van der Waals surface area contributed by atoms with Crippen LogP contribution in [0.1, 0.15) is 38.2 Å². The monoisotopic (exact) mass is 266 g/mol. The molecule has 0 aliphatic carbocycles. The second-order valence-corrected chi connectivity index (χ2v) is 5.70. The van der Waals surface area contributed by atoms with Gasteiger partial charge in [0.1, 0.15) is 11.5 Å². The van der Waals surface area contributed by atoms with Crippen LogP contribution in [0.5, 0.6) is 0 Å².